The molecule has 21 heavy (non-hydrogen) atoms. The van der Waals surface area contributed by atoms with Crippen LogP contribution in [0.25, 0.3) is 0 Å². The molecule has 0 saturated heterocycles. The molecule has 0 aliphatic heterocycles. The minimum atomic E-state index is -3.46. The first-order valence-electron chi connectivity index (χ1n) is 7.72. The fourth-order valence-corrected chi connectivity index (χ4v) is 5.13. The molecule has 1 saturated carbocycles. The minimum absolute atomic E-state index is 0.224. The Bertz CT molecular complexity index is 591. The van der Waals surface area contributed by atoms with Gasteiger partial charge in [0.1, 0.15) is 0 Å². The molecule has 0 bridgehead atoms. The summed E-state index contributed by atoms with van der Waals surface area (Å²) < 4.78 is 28.5. The number of hydrogen-bond donors (Lipinski definition) is 2. The van der Waals surface area contributed by atoms with E-state index in [2.05, 4.69) is 17.0 Å². The molecule has 118 valence electrons. The molecule has 2 N–H and O–H groups in total. The summed E-state index contributed by atoms with van der Waals surface area (Å²) in [6, 6.07) is 3.81. The van der Waals surface area contributed by atoms with E-state index in [4.69, 9.17) is 0 Å². The van der Waals surface area contributed by atoms with Gasteiger partial charge in [-0.2, -0.15) is 0 Å². The van der Waals surface area contributed by atoms with E-state index in [1.165, 1.54) is 0 Å². The zero-order valence-electron chi connectivity index (χ0n) is 13.4. The van der Waals surface area contributed by atoms with Gasteiger partial charge in [0, 0.05) is 17.8 Å². The summed E-state index contributed by atoms with van der Waals surface area (Å²) in [6.45, 7) is 8.62. The van der Waals surface area contributed by atoms with Crippen LogP contribution < -0.4 is 10.0 Å². The molecule has 2 rings (SSSR count). The lowest BCUT2D eigenvalue weighted by atomic mass is 9.76. The van der Waals surface area contributed by atoms with Gasteiger partial charge in [0.05, 0.1) is 4.90 Å². The van der Waals surface area contributed by atoms with E-state index in [0.29, 0.717) is 4.90 Å². The number of anilines is 1. The third-order valence-corrected chi connectivity index (χ3v) is 6.33. The van der Waals surface area contributed by atoms with Gasteiger partial charge >= 0.3 is 0 Å². The monoisotopic (exact) mass is 310 g/mol. The van der Waals surface area contributed by atoms with Crippen LogP contribution in [0.2, 0.25) is 0 Å². The Balaban J connectivity index is 2.36. The highest BCUT2D eigenvalue weighted by molar-refractivity contribution is 7.89. The van der Waals surface area contributed by atoms with Crippen LogP contribution in [0.3, 0.4) is 0 Å². The maximum atomic E-state index is 12.8. The second-order valence-corrected chi connectivity index (χ2v) is 7.68. The Labute approximate surface area is 128 Å². The molecule has 0 heterocycles. The Kier molecular flexibility index (Phi) is 4.63. The molecule has 1 aliphatic rings. The van der Waals surface area contributed by atoms with Crippen molar-refractivity contribution in [3.63, 3.8) is 0 Å². The SMILES string of the molecule is CCNc1cc(C)c(S(=O)(=O)NC2(CC)CCC2)c(C)c1. The zero-order chi connectivity index (χ0) is 15.7. The van der Waals surface area contributed by atoms with Crippen molar-refractivity contribution in [1.29, 1.82) is 0 Å². The quantitative estimate of drug-likeness (QED) is 0.847. The maximum Gasteiger partial charge on any atom is 0.241 e. The van der Waals surface area contributed by atoms with Gasteiger partial charge < -0.3 is 5.32 Å². The van der Waals surface area contributed by atoms with Gasteiger partial charge in [0.15, 0.2) is 0 Å². The second kappa shape index (κ2) is 5.97. The molecule has 0 unspecified atom stereocenters. The first-order chi connectivity index (χ1) is 9.83. The summed E-state index contributed by atoms with van der Waals surface area (Å²) in [5.41, 5.74) is 2.34. The van der Waals surface area contributed by atoms with Crippen molar-refractivity contribution in [2.24, 2.45) is 0 Å². The summed E-state index contributed by atoms with van der Waals surface area (Å²) >= 11 is 0. The fraction of sp³-hybridized carbons (Fsp3) is 0.625. The third-order valence-electron chi connectivity index (χ3n) is 4.45. The number of sulfonamides is 1. The fourth-order valence-electron chi connectivity index (χ4n) is 3.15. The summed E-state index contributed by atoms with van der Waals surface area (Å²) in [7, 11) is -3.46. The van der Waals surface area contributed by atoms with Crippen LogP contribution in [-0.2, 0) is 10.0 Å². The van der Waals surface area contributed by atoms with Crippen LogP contribution in [0.15, 0.2) is 17.0 Å². The standard InChI is InChI=1S/C16H26N2O2S/c1-5-16(8-7-9-16)18-21(19,20)15-12(3)10-14(17-6-2)11-13(15)4/h10-11,17-18H,5-9H2,1-4H3. The molecule has 1 aromatic carbocycles. The van der Waals surface area contributed by atoms with Crippen molar-refractivity contribution >= 4 is 15.7 Å². The van der Waals surface area contributed by atoms with Gasteiger partial charge in [0.2, 0.25) is 10.0 Å². The van der Waals surface area contributed by atoms with E-state index < -0.39 is 10.0 Å². The van der Waals surface area contributed by atoms with Gasteiger partial charge in [-0.25, -0.2) is 13.1 Å². The zero-order valence-corrected chi connectivity index (χ0v) is 14.2. The van der Waals surface area contributed by atoms with Gasteiger partial charge in [-0.3, -0.25) is 0 Å². The Morgan fingerprint density at radius 2 is 1.71 bits per heavy atom. The Morgan fingerprint density at radius 3 is 2.10 bits per heavy atom. The van der Waals surface area contributed by atoms with Crippen molar-refractivity contribution in [2.45, 2.75) is 63.8 Å². The lowest BCUT2D eigenvalue weighted by Gasteiger charge is -2.41. The summed E-state index contributed by atoms with van der Waals surface area (Å²) in [5, 5.41) is 3.23. The van der Waals surface area contributed by atoms with E-state index in [9.17, 15) is 8.42 Å². The van der Waals surface area contributed by atoms with Crippen LogP contribution in [0, 0.1) is 13.8 Å². The van der Waals surface area contributed by atoms with Crippen LogP contribution in [0.1, 0.15) is 50.7 Å². The van der Waals surface area contributed by atoms with E-state index in [1.54, 1.807) is 0 Å². The maximum absolute atomic E-state index is 12.8. The van der Waals surface area contributed by atoms with Crippen molar-refractivity contribution in [3.05, 3.63) is 23.3 Å². The molecule has 1 aromatic rings. The van der Waals surface area contributed by atoms with Gasteiger partial charge in [-0.15, -0.1) is 0 Å². The van der Waals surface area contributed by atoms with Crippen LogP contribution >= 0.6 is 0 Å². The molecular formula is C16H26N2O2S. The predicted octanol–water partition coefficient (Wildman–Crippen LogP) is 3.35. The lowest BCUT2D eigenvalue weighted by Crippen LogP contribution is -2.53. The average molecular weight is 310 g/mol. The van der Waals surface area contributed by atoms with E-state index in [-0.39, 0.29) is 5.54 Å². The predicted molar refractivity (Wildman–Crippen MR) is 87.3 cm³/mol. The lowest BCUT2D eigenvalue weighted by molar-refractivity contribution is 0.214. The second-order valence-electron chi connectivity index (χ2n) is 6.06. The van der Waals surface area contributed by atoms with E-state index >= 15 is 0 Å². The highest BCUT2D eigenvalue weighted by atomic mass is 32.2. The molecule has 0 amide bonds. The Morgan fingerprint density at radius 1 is 1.14 bits per heavy atom. The molecule has 0 aromatic heterocycles. The number of rotatable bonds is 6. The summed E-state index contributed by atoms with van der Waals surface area (Å²) in [4.78, 5) is 0.434. The topological polar surface area (TPSA) is 58.2 Å². The number of hydrogen-bond acceptors (Lipinski definition) is 3. The van der Waals surface area contributed by atoms with Crippen LogP contribution in [0.4, 0.5) is 5.69 Å². The molecular weight excluding hydrogens is 284 g/mol. The van der Waals surface area contributed by atoms with E-state index in [0.717, 1.165) is 49.0 Å². The average Bonchev–Trinajstić information content (AvgIpc) is 2.33. The third kappa shape index (κ3) is 3.24. The summed E-state index contributed by atoms with van der Waals surface area (Å²) in [5.74, 6) is 0. The normalized spacial score (nSPS) is 17.3. The van der Waals surface area contributed by atoms with Gasteiger partial charge in [-0.1, -0.05) is 6.92 Å². The van der Waals surface area contributed by atoms with Crippen LogP contribution in [-0.4, -0.2) is 20.5 Å². The number of nitrogens with one attached hydrogen (secondary N) is 2. The minimum Gasteiger partial charge on any atom is -0.385 e. The number of aryl methyl sites for hydroxylation is 2. The molecule has 5 heteroatoms. The molecule has 1 fully saturated rings. The largest absolute Gasteiger partial charge is 0.385 e. The number of benzene rings is 1. The molecule has 0 spiro atoms. The summed E-state index contributed by atoms with van der Waals surface area (Å²) in [6.07, 6.45) is 3.83. The Hall–Kier alpha value is -1.07. The first-order valence-corrected chi connectivity index (χ1v) is 9.21. The van der Waals surface area contributed by atoms with Crippen LogP contribution in [0.5, 0.6) is 0 Å². The highest BCUT2D eigenvalue weighted by Crippen LogP contribution is 2.37. The molecule has 0 atom stereocenters. The molecule has 1 aliphatic carbocycles. The van der Waals surface area contributed by atoms with Gasteiger partial charge in [0.25, 0.3) is 0 Å². The first kappa shape index (κ1) is 16.3. The van der Waals surface area contributed by atoms with Crippen molar-refractivity contribution in [2.75, 3.05) is 11.9 Å². The van der Waals surface area contributed by atoms with Crippen molar-refractivity contribution in [1.82, 2.24) is 4.72 Å². The smallest absolute Gasteiger partial charge is 0.241 e. The van der Waals surface area contributed by atoms with Crippen molar-refractivity contribution in [3.8, 4) is 0 Å². The van der Waals surface area contributed by atoms with Crippen molar-refractivity contribution < 1.29 is 8.42 Å². The van der Waals surface area contributed by atoms with E-state index in [1.807, 2.05) is 32.9 Å². The molecule has 4 nitrogen and oxygen atoms in total. The van der Waals surface area contributed by atoms with Gasteiger partial charge in [-0.05, 0) is 69.7 Å². The highest BCUT2D eigenvalue weighted by Gasteiger charge is 2.39. The molecule has 0 radical (unpaired) electrons.